The van der Waals surface area contributed by atoms with E-state index in [9.17, 15) is 13.2 Å². The number of hydrogen-bond donors (Lipinski definition) is 1. The molecule has 0 saturated carbocycles. The third kappa shape index (κ3) is 2.46. The Morgan fingerprint density at radius 1 is 0.821 bits per heavy atom. The summed E-state index contributed by atoms with van der Waals surface area (Å²) in [6.45, 7) is -0.278. The van der Waals surface area contributed by atoms with Crippen molar-refractivity contribution in [1.29, 1.82) is 0 Å². The molecular weight excluding hydrogens is 372 g/mol. The summed E-state index contributed by atoms with van der Waals surface area (Å²) in [6, 6.07) is 24.0. The van der Waals surface area contributed by atoms with Crippen molar-refractivity contribution >= 4 is 48.9 Å². The lowest BCUT2D eigenvalue weighted by Gasteiger charge is -2.18. The number of carbonyl (C=O) groups is 1. The van der Waals surface area contributed by atoms with Gasteiger partial charge in [-0.2, -0.15) is 0 Å². The van der Waals surface area contributed by atoms with Crippen LogP contribution in [-0.4, -0.2) is 20.9 Å². The molecule has 0 radical (unpaired) electrons. The van der Waals surface area contributed by atoms with Gasteiger partial charge in [-0.05, 0) is 29.0 Å². The number of rotatable bonds is 3. The lowest BCUT2D eigenvalue weighted by molar-refractivity contribution is -0.114. The molecular formula is C22H16N2O3S. The maximum Gasteiger partial charge on any atom is 0.265 e. The van der Waals surface area contributed by atoms with Crippen molar-refractivity contribution < 1.29 is 13.2 Å². The molecule has 5 rings (SSSR count). The molecule has 5 nitrogen and oxygen atoms in total. The minimum Gasteiger partial charge on any atom is -0.324 e. The fourth-order valence-electron chi connectivity index (χ4n) is 3.78. The molecule has 6 heteroatoms. The van der Waals surface area contributed by atoms with E-state index in [1.807, 2.05) is 54.6 Å². The highest BCUT2D eigenvalue weighted by Crippen LogP contribution is 2.41. The number of amides is 1. The Morgan fingerprint density at radius 3 is 2.36 bits per heavy atom. The van der Waals surface area contributed by atoms with E-state index in [0.717, 1.165) is 16.2 Å². The third-order valence-electron chi connectivity index (χ3n) is 5.03. The molecule has 4 aromatic carbocycles. The summed E-state index contributed by atoms with van der Waals surface area (Å²) in [5.74, 6) is -0.385. The van der Waals surface area contributed by atoms with Gasteiger partial charge in [-0.3, -0.25) is 9.10 Å². The summed E-state index contributed by atoms with van der Waals surface area (Å²) in [7, 11) is -3.76. The molecule has 0 unspecified atom stereocenters. The predicted octanol–water partition coefficient (Wildman–Crippen LogP) is 4.14. The molecule has 0 bridgehead atoms. The van der Waals surface area contributed by atoms with Crippen LogP contribution < -0.4 is 9.62 Å². The first-order valence-electron chi connectivity index (χ1n) is 8.88. The van der Waals surface area contributed by atoms with Crippen LogP contribution in [0.2, 0.25) is 0 Å². The number of fused-ring (bicyclic) bond motifs is 1. The molecule has 1 N–H and O–H groups in total. The van der Waals surface area contributed by atoms with Crippen LogP contribution in [0.3, 0.4) is 0 Å². The van der Waals surface area contributed by atoms with E-state index in [0.29, 0.717) is 16.8 Å². The van der Waals surface area contributed by atoms with Crippen LogP contribution in [0, 0.1) is 0 Å². The van der Waals surface area contributed by atoms with Crippen LogP contribution in [0.1, 0.15) is 0 Å². The Bertz CT molecular complexity index is 1350. The summed E-state index contributed by atoms with van der Waals surface area (Å²) in [5.41, 5.74) is 1.21. The number of nitrogens with zero attached hydrogens (tertiary/aromatic N) is 1. The van der Waals surface area contributed by atoms with Gasteiger partial charge in [-0.15, -0.1) is 0 Å². The predicted molar refractivity (Wildman–Crippen MR) is 111 cm³/mol. The van der Waals surface area contributed by atoms with E-state index in [1.165, 1.54) is 4.31 Å². The fraction of sp³-hybridized carbons (Fsp3) is 0.0455. The maximum absolute atomic E-state index is 13.0. The van der Waals surface area contributed by atoms with E-state index in [-0.39, 0.29) is 17.3 Å². The molecule has 0 fully saturated rings. The van der Waals surface area contributed by atoms with Gasteiger partial charge in [0, 0.05) is 16.5 Å². The maximum atomic E-state index is 13.0. The van der Waals surface area contributed by atoms with Crippen molar-refractivity contribution in [1.82, 2.24) is 0 Å². The lowest BCUT2D eigenvalue weighted by atomic mass is 10.1. The highest BCUT2D eigenvalue weighted by molar-refractivity contribution is 7.93. The van der Waals surface area contributed by atoms with Crippen LogP contribution in [0.15, 0.2) is 83.8 Å². The van der Waals surface area contributed by atoms with Gasteiger partial charge < -0.3 is 5.32 Å². The molecule has 1 aliphatic rings. The zero-order valence-corrected chi connectivity index (χ0v) is 15.6. The van der Waals surface area contributed by atoms with E-state index >= 15 is 0 Å². The fourth-order valence-corrected chi connectivity index (χ4v) is 5.45. The molecule has 1 heterocycles. The Balaban J connectivity index is 1.50. The zero-order valence-electron chi connectivity index (χ0n) is 14.8. The molecule has 1 amide bonds. The standard InChI is InChI=1S/C22H16N2O3S/c25-21(23-18-11-3-7-15-6-1-2-10-17(15)18)14-24-19-12-4-8-16-9-5-13-20(22(16)19)28(24,26)27/h1-13H,14H2,(H,23,25). The largest absolute Gasteiger partial charge is 0.324 e. The Morgan fingerprint density at radius 2 is 1.50 bits per heavy atom. The van der Waals surface area contributed by atoms with Crippen LogP contribution >= 0.6 is 0 Å². The van der Waals surface area contributed by atoms with Gasteiger partial charge in [-0.1, -0.05) is 60.7 Å². The van der Waals surface area contributed by atoms with Crippen LogP contribution in [0.5, 0.6) is 0 Å². The van der Waals surface area contributed by atoms with E-state index < -0.39 is 10.0 Å². The molecule has 0 saturated heterocycles. The Hall–Kier alpha value is -3.38. The van der Waals surface area contributed by atoms with Crippen molar-refractivity contribution in [3.63, 3.8) is 0 Å². The smallest absolute Gasteiger partial charge is 0.265 e. The summed E-state index contributed by atoms with van der Waals surface area (Å²) < 4.78 is 27.2. The summed E-state index contributed by atoms with van der Waals surface area (Å²) in [5, 5.41) is 6.29. The molecule has 0 aliphatic carbocycles. The van der Waals surface area contributed by atoms with Crippen LogP contribution in [0.4, 0.5) is 11.4 Å². The van der Waals surface area contributed by atoms with E-state index in [4.69, 9.17) is 0 Å². The highest BCUT2D eigenvalue weighted by Gasteiger charge is 2.36. The van der Waals surface area contributed by atoms with Gasteiger partial charge in [0.15, 0.2) is 0 Å². The second kappa shape index (κ2) is 6.07. The third-order valence-corrected chi connectivity index (χ3v) is 6.83. The average Bonchev–Trinajstić information content (AvgIpc) is 2.92. The van der Waals surface area contributed by atoms with E-state index in [1.54, 1.807) is 24.3 Å². The van der Waals surface area contributed by atoms with Crippen molar-refractivity contribution in [3.8, 4) is 0 Å². The molecule has 4 aromatic rings. The molecule has 0 atom stereocenters. The number of sulfonamides is 1. The van der Waals surface area contributed by atoms with Gasteiger partial charge >= 0.3 is 0 Å². The summed E-state index contributed by atoms with van der Waals surface area (Å²) in [6.07, 6.45) is 0. The van der Waals surface area contributed by atoms with Crippen molar-refractivity contribution in [3.05, 3.63) is 78.9 Å². The van der Waals surface area contributed by atoms with Crippen molar-refractivity contribution in [2.24, 2.45) is 0 Å². The Labute approximate surface area is 162 Å². The number of hydrogen-bond acceptors (Lipinski definition) is 3. The van der Waals surface area contributed by atoms with Crippen molar-refractivity contribution in [2.75, 3.05) is 16.2 Å². The monoisotopic (exact) mass is 388 g/mol. The number of nitrogens with one attached hydrogen (secondary N) is 1. The first-order valence-corrected chi connectivity index (χ1v) is 10.3. The number of carbonyl (C=O) groups excluding carboxylic acids is 1. The molecule has 138 valence electrons. The zero-order chi connectivity index (χ0) is 19.3. The molecule has 0 aromatic heterocycles. The van der Waals surface area contributed by atoms with E-state index in [2.05, 4.69) is 5.32 Å². The minimum absolute atomic E-state index is 0.249. The van der Waals surface area contributed by atoms with Crippen LogP contribution in [-0.2, 0) is 14.8 Å². The molecule has 28 heavy (non-hydrogen) atoms. The normalized spacial score (nSPS) is 14.5. The number of anilines is 2. The Kier molecular flexibility index (Phi) is 3.64. The average molecular weight is 388 g/mol. The first kappa shape index (κ1) is 16.8. The molecule has 1 aliphatic heterocycles. The van der Waals surface area contributed by atoms with Crippen LogP contribution in [0.25, 0.3) is 21.5 Å². The quantitative estimate of drug-likeness (QED) is 0.574. The minimum atomic E-state index is -3.76. The van der Waals surface area contributed by atoms with Gasteiger partial charge in [-0.25, -0.2) is 8.42 Å². The first-order chi connectivity index (χ1) is 13.6. The van der Waals surface area contributed by atoms with Crippen molar-refractivity contribution in [2.45, 2.75) is 4.90 Å². The van der Waals surface area contributed by atoms with Gasteiger partial charge in [0.2, 0.25) is 5.91 Å². The van der Waals surface area contributed by atoms with Gasteiger partial charge in [0.25, 0.3) is 10.0 Å². The lowest BCUT2D eigenvalue weighted by Crippen LogP contribution is -2.35. The van der Waals surface area contributed by atoms with Gasteiger partial charge in [0.1, 0.15) is 6.54 Å². The topological polar surface area (TPSA) is 66.5 Å². The second-order valence-corrected chi connectivity index (χ2v) is 8.55. The molecule has 0 spiro atoms. The highest BCUT2D eigenvalue weighted by atomic mass is 32.2. The number of benzene rings is 4. The van der Waals surface area contributed by atoms with Gasteiger partial charge in [0.05, 0.1) is 10.6 Å². The SMILES string of the molecule is O=C(CN1c2cccc3cccc(c23)S1(=O)=O)Nc1cccc2ccccc12. The second-order valence-electron chi connectivity index (χ2n) is 6.72. The summed E-state index contributed by atoms with van der Waals surface area (Å²) in [4.78, 5) is 13.0. The summed E-state index contributed by atoms with van der Waals surface area (Å²) >= 11 is 0.